The molecular weight excluding hydrogens is 484 g/mol. The smallest absolute Gasteiger partial charge is 0.350 e. The van der Waals surface area contributed by atoms with Crippen LogP contribution in [-0.4, -0.2) is 46.1 Å². The number of thiazole rings is 1. The number of aliphatic hydroxyl groups is 1. The Kier molecular flexibility index (Phi) is 7.07. The lowest BCUT2D eigenvalue weighted by molar-refractivity contribution is -0.132. The van der Waals surface area contributed by atoms with Gasteiger partial charge in [-0.3, -0.25) is 14.5 Å². The highest BCUT2D eigenvalue weighted by molar-refractivity contribution is 7.17. The molecule has 2 N–H and O–H groups in total. The number of phenolic OH excluding ortho intramolecular Hbond substituents is 1. The van der Waals surface area contributed by atoms with Crippen molar-refractivity contribution in [2.45, 2.75) is 26.8 Å². The monoisotopic (exact) mass is 508 g/mol. The van der Waals surface area contributed by atoms with E-state index in [-0.39, 0.29) is 46.1 Å². The Morgan fingerprint density at radius 3 is 2.50 bits per heavy atom. The zero-order chi connectivity index (χ0) is 26.0. The summed E-state index contributed by atoms with van der Waals surface area (Å²) in [6.07, 6.45) is 0. The van der Waals surface area contributed by atoms with Gasteiger partial charge >= 0.3 is 11.9 Å². The number of aromatic nitrogens is 1. The maximum absolute atomic E-state index is 13.3. The summed E-state index contributed by atoms with van der Waals surface area (Å²) < 4.78 is 10.6. The molecule has 36 heavy (non-hydrogen) atoms. The summed E-state index contributed by atoms with van der Waals surface area (Å²) in [4.78, 5) is 44.7. The Labute approximate surface area is 211 Å². The van der Waals surface area contributed by atoms with Crippen LogP contribution in [0.3, 0.4) is 0 Å². The molecule has 1 aliphatic heterocycles. The molecule has 0 saturated carbocycles. The molecule has 1 atom stereocenters. The van der Waals surface area contributed by atoms with Gasteiger partial charge in [0, 0.05) is 5.56 Å². The maximum atomic E-state index is 13.3. The first-order valence-electron chi connectivity index (χ1n) is 11.2. The molecule has 0 radical (unpaired) electrons. The predicted molar refractivity (Wildman–Crippen MR) is 133 cm³/mol. The van der Waals surface area contributed by atoms with Crippen molar-refractivity contribution in [3.8, 4) is 11.5 Å². The highest BCUT2D eigenvalue weighted by Crippen LogP contribution is 2.45. The van der Waals surface area contributed by atoms with Crippen LogP contribution in [0.1, 0.15) is 46.4 Å². The van der Waals surface area contributed by atoms with Crippen molar-refractivity contribution in [1.82, 2.24) is 4.98 Å². The van der Waals surface area contributed by atoms with Crippen molar-refractivity contribution in [3.05, 3.63) is 75.8 Å². The number of benzene rings is 2. The first kappa shape index (κ1) is 24.9. The minimum Gasteiger partial charge on any atom is -0.507 e. The van der Waals surface area contributed by atoms with Gasteiger partial charge in [-0.1, -0.05) is 47.7 Å². The molecule has 0 spiro atoms. The maximum Gasteiger partial charge on any atom is 0.350 e. The van der Waals surface area contributed by atoms with Crippen LogP contribution < -0.4 is 9.64 Å². The van der Waals surface area contributed by atoms with Crippen LogP contribution >= 0.6 is 11.3 Å². The van der Waals surface area contributed by atoms with Crippen LogP contribution in [0.25, 0.3) is 5.76 Å². The lowest BCUT2D eigenvalue weighted by Crippen LogP contribution is -2.29. The number of Topliss-reactive ketones (excluding diaryl/α,β-unsaturated/α-hetero) is 1. The normalized spacial score (nSPS) is 16.9. The standard InChI is InChI=1S/C26H24N2O7S/c1-4-34-18-13-16(11-12-17(18)29)20-19(21(30)15-9-7-6-8-10-15)22(31)24(32)28(20)26-27-14(3)23(36-26)25(33)35-5-2/h6-13,20,29-30H,4-5H2,1-3H3/b21-19+. The number of esters is 1. The average molecular weight is 509 g/mol. The molecule has 1 fully saturated rings. The molecule has 10 heteroatoms. The fourth-order valence-corrected chi connectivity index (χ4v) is 4.93. The van der Waals surface area contributed by atoms with E-state index in [1.807, 2.05) is 0 Å². The van der Waals surface area contributed by atoms with Gasteiger partial charge in [-0.15, -0.1) is 0 Å². The van der Waals surface area contributed by atoms with Crippen LogP contribution in [0.2, 0.25) is 0 Å². The number of anilines is 1. The summed E-state index contributed by atoms with van der Waals surface area (Å²) >= 11 is 0.919. The topological polar surface area (TPSA) is 126 Å². The average Bonchev–Trinajstić information content (AvgIpc) is 3.37. The van der Waals surface area contributed by atoms with E-state index < -0.39 is 23.7 Å². The number of carbonyl (C=O) groups excluding carboxylic acids is 3. The number of aromatic hydroxyl groups is 1. The highest BCUT2D eigenvalue weighted by Gasteiger charge is 2.48. The molecule has 1 unspecified atom stereocenters. The van der Waals surface area contributed by atoms with Gasteiger partial charge in [-0.2, -0.15) is 0 Å². The molecule has 1 aliphatic rings. The van der Waals surface area contributed by atoms with Crippen LogP contribution in [0.5, 0.6) is 11.5 Å². The lowest BCUT2D eigenvalue weighted by Gasteiger charge is -2.23. The summed E-state index contributed by atoms with van der Waals surface area (Å²) in [5.74, 6) is -2.71. The SMILES string of the molecule is CCOC(=O)c1sc(N2C(=O)C(=O)/C(=C(/O)c3ccccc3)C2c2ccc(O)c(OCC)c2)nc1C. The van der Waals surface area contributed by atoms with Crippen molar-refractivity contribution >= 4 is 39.9 Å². The van der Waals surface area contributed by atoms with Gasteiger partial charge in [0.25, 0.3) is 5.78 Å². The number of carbonyl (C=O) groups is 3. The number of ketones is 1. The molecule has 2 aromatic carbocycles. The first-order chi connectivity index (χ1) is 17.3. The second-order valence-electron chi connectivity index (χ2n) is 7.83. The molecule has 0 aliphatic carbocycles. The summed E-state index contributed by atoms with van der Waals surface area (Å²) in [7, 11) is 0. The van der Waals surface area contributed by atoms with E-state index in [9.17, 15) is 24.6 Å². The van der Waals surface area contributed by atoms with Crippen molar-refractivity contribution in [3.63, 3.8) is 0 Å². The fourth-order valence-electron chi connectivity index (χ4n) is 3.94. The number of nitrogens with zero attached hydrogens (tertiary/aromatic N) is 2. The summed E-state index contributed by atoms with van der Waals surface area (Å²) in [5.41, 5.74) is 0.952. The molecule has 4 rings (SSSR count). The lowest BCUT2D eigenvalue weighted by atomic mass is 9.95. The first-order valence-corrected chi connectivity index (χ1v) is 12.1. The number of amides is 1. The Bertz CT molecular complexity index is 1360. The number of hydrogen-bond acceptors (Lipinski definition) is 9. The number of aryl methyl sites for hydroxylation is 1. The second-order valence-corrected chi connectivity index (χ2v) is 8.80. The van der Waals surface area contributed by atoms with Crippen molar-refractivity contribution in [2.75, 3.05) is 18.1 Å². The fraction of sp³-hybridized carbons (Fsp3) is 0.231. The number of hydrogen-bond donors (Lipinski definition) is 2. The van der Waals surface area contributed by atoms with E-state index in [0.29, 0.717) is 16.8 Å². The van der Waals surface area contributed by atoms with Gasteiger partial charge in [-0.05, 0) is 38.5 Å². The predicted octanol–water partition coefficient (Wildman–Crippen LogP) is 4.36. The van der Waals surface area contributed by atoms with E-state index in [4.69, 9.17) is 9.47 Å². The number of aliphatic hydroxyl groups excluding tert-OH is 1. The van der Waals surface area contributed by atoms with E-state index in [1.165, 1.54) is 18.2 Å². The third-order valence-electron chi connectivity index (χ3n) is 5.54. The molecule has 186 valence electrons. The van der Waals surface area contributed by atoms with E-state index in [2.05, 4.69) is 4.98 Å². The van der Waals surface area contributed by atoms with Crippen molar-refractivity contribution in [2.24, 2.45) is 0 Å². The van der Waals surface area contributed by atoms with Crippen LogP contribution in [0.15, 0.2) is 54.1 Å². The van der Waals surface area contributed by atoms with Gasteiger partial charge in [0.05, 0.1) is 30.5 Å². The van der Waals surface area contributed by atoms with Gasteiger partial charge < -0.3 is 19.7 Å². The van der Waals surface area contributed by atoms with Crippen molar-refractivity contribution < 1.29 is 34.1 Å². The zero-order valence-corrected chi connectivity index (χ0v) is 20.7. The zero-order valence-electron chi connectivity index (χ0n) is 19.8. The molecule has 0 bridgehead atoms. The summed E-state index contributed by atoms with van der Waals surface area (Å²) in [5, 5.41) is 21.5. The molecule has 3 aromatic rings. The largest absolute Gasteiger partial charge is 0.507 e. The highest BCUT2D eigenvalue weighted by atomic mass is 32.1. The molecule has 1 amide bonds. The van der Waals surface area contributed by atoms with Gasteiger partial charge in [0.1, 0.15) is 10.6 Å². The molecule has 1 saturated heterocycles. The van der Waals surface area contributed by atoms with E-state index in [1.54, 1.807) is 51.1 Å². The number of rotatable bonds is 7. The Balaban J connectivity index is 1.93. The Morgan fingerprint density at radius 2 is 1.83 bits per heavy atom. The third-order valence-corrected chi connectivity index (χ3v) is 6.68. The Morgan fingerprint density at radius 1 is 1.11 bits per heavy atom. The quantitative estimate of drug-likeness (QED) is 0.209. The van der Waals surface area contributed by atoms with E-state index in [0.717, 1.165) is 16.2 Å². The van der Waals surface area contributed by atoms with E-state index >= 15 is 0 Å². The minimum atomic E-state index is -1.09. The van der Waals surface area contributed by atoms with Crippen LogP contribution in [-0.2, 0) is 14.3 Å². The van der Waals surface area contributed by atoms with Crippen LogP contribution in [0, 0.1) is 6.92 Å². The molecule has 1 aromatic heterocycles. The van der Waals surface area contributed by atoms with Gasteiger partial charge in [0.2, 0.25) is 0 Å². The van der Waals surface area contributed by atoms with Gasteiger partial charge in [-0.25, -0.2) is 9.78 Å². The number of phenols is 1. The Hall–Kier alpha value is -4.18. The minimum absolute atomic E-state index is 0.0980. The summed E-state index contributed by atoms with van der Waals surface area (Å²) in [6.45, 7) is 5.48. The van der Waals surface area contributed by atoms with Crippen molar-refractivity contribution in [1.29, 1.82) is 0 Å². The van der Waals surface area contributed by atoms with Crippen LogP contribution in [0.4, 0.5) is 5.13 Å². The van der Waals surface area contributed by atoms with Gasteiger partial charge in [0.15, 0.2) is 16.6 Å². The third kappa shape index (κ3) is 4.42. The molecule has 2 heterocycles. The summed E-state index contributed by atoms with van der Waals surface area (Å²) in [6, 6.07) is 11.7. The molecular formula is C26H24N2O7S. The number of ether oxygens (including phenoxy) is 2. The second kappa shape index (κ2) is 10.2. The molecule has 9 nitrogen and oxygen atoms in total.